The number of ether oxygens (including phenoxy) is 1. The van der Waals surface area contributed by atoms with Gasteiger partial charge in [0, 0.05) is 18.9 Å². The number of carbonyl (C=O) groups is 1. The van der Waals surface area contributed by atoms with E-state index in [1.165, 1.54) is 0 Å². The first kappa shape index (κ1) is 14.4. The topological polar surface area (TPSA) is 59.4 Å². The Kier molecular flexibility index (Phi) is 4.27. The van der Waals surface area contributed by atoms with Crippen molar-refractivity contribution in [3.05, 3.63) is 42.7 Å². The molecule has 1 atom stereocenters. The van der Waals surface area contributed by atoms with Crippen LogP contribution in [-0.4, -0.2) is 40.4 Å². The van der Waals surface area contributed by atoms with Crippen molar-refractivity contribution in [1.82, 2.24) is 14.7 Å². The van der Waals surface area contributed by atoms with E-state index in [9.17, 15) is 4.79 Å². The van der Waals surface area contributed by atoms with Gasteiger partial charge in [-0.3, -0.25) is 4.68 Å². The molecule has 116 valence electrons. The summed E-state index contributed by atoms with van der Waals surface area (Å²) in [6.45, 7) is 1.50. The molecule has 0 bridgehead atoms. The van der Waals surface area contributed by atoms with Gasteiger partial charge in [0.2, 0.25) is 0 Å². The molecular weight excluding hydrogens is 280 g/mol. The molecule has 1 aromatic carbocycles. The minimum atomic E-state index is -0.0841. The van der Waals surface area contributed by atoms with E-state index < -0.39 is 0 Å². The fourth-order valence-electron chi connectivity index (χ4n) is 2.85. The highest BCUT2D eigenvalue weighted by Crippen LogP contribution is 2.25. The molecule has 1 saturated heterocycles. The molecule has 0 spiro atoms. The molecule has 6 heteroatoms. The van der Waals surface area contributed by atoms with Crippen LogP contribution in [0.3, 0.4) is 0 Å². The number of carbonyl (C=O) groups excluding carboxylic acids is 1. The van der Waals surface area contributed by atoms with Crippen LogP contribution in [0.15, 0.2) is 42.7 Å². The smallest absolute Gasteiger partial charge is 0.322 e. The lowest BCUT2D eigenvalue weighted by molar-refractivity contribution is 0.199. The van der Waals surface area contributed by atoms with Crippen LogP contribution in [0, 0.1) is 0 Å². The monoisotopic (exact) mass is 300 g/mol. The molecule has 1 fully saturated rings. The van der Waals surface area contributed by atoms with Crippen molar-refractivity contribution in [2.24, 2.45) is 0 Å². The van der Waals surface area contributed by atoms with Crippen LogP contribution in [0.5, 0.6) is 5.75 Å². The lowest BCUT2D eigenvalue weighted by Crippen LogP contribution is -2.40. The summed E-state index contributed by atoms with van der Waals surface area (Å²) in [7, 11) is 1.60. The molecule has 6 nitrogen and oxygen atoms in total. The van der Waals surface area contributed by atoms with Crippen molar-refractivity contribution in [3.63, 3.8) is 0 Å². The summed E-state index contributed by atoms with van der Waals surface area (Å²) in [6, 6.07) is 9.42. The molecule has 1 aromatic heterocycles. The molecule has 2 aromatic rings. The van der Waals surface area contributed by atoms with Gasteiger partial charge in [0.05, 0.1) is 25.4 Å². The van der Waals surface area contributed by atoms with Crippen LogP contribution in [0.1, 0.15) is 12.8 Å². The average Bonchev–Trinajstić information content (AvgIpc) is 3.20. The fourth-order valence-corrected chi connectivity index (χ4v) is 2.85. The van der Waals surface area contributed by atoms with Crippen molar-refractivity contribution < 1.29 is 9.53 Å². The minimum Gasteiger partial charge on any atom is -0.495 e. The molecule has 1 N–H and O–H groups in total. The van der Waals surface area contributed by atoms with Gasteiger partial charge in [-0.05, 0) is 31.0 Å². The quantitative estimate of drug-likeness (QED) is 0.944. The van der Waals surface area contributed by atoms with E-state index in [2.05, 4.69) is 10.4 Å². The minimum absolute atomic E-state index is 0.0841. The zero-order valence-corrected chi connectivity index (χ0v) is 12.6. The predicted molar refractivity (Wildman–Crippen MR) is 84.0 cm³/mol. The van der Waals surface area contributed by atoms with Gasteiger partial charge in [0.25, 0.3) is 0 Å². The third-order valence-corrected chi connectivity index (χ3v) is 3.94. The molecular formula is C16H20N4O2. The lowest BCUT2D eigenvalue weighted by Gasteiger charge is -2.25. The molecule has 0 radical (unpaired) electrons. The Balaban J connectivity index is 1.68. The molecule has 0 aliphatic carbocycles. The summed E-state index contributed by atoms with van der Waals surface area (Å²) in [4.78, 5) is 14.4. The Morgan fingerprint density at radius 2 is 2.27 bits per heavy atom. The van der Waals surface area contributed by atoms with Crippen molar-refractivity contribution >= 4 is 11.7 Å². The van der Waals surface area contributed by atoms with E-state index in [1.54, 1.807) is 13.3 Å². The van der Waals surface area contributed by atoms with E-state index >= 15 is 0 Å². The van der Waals surface area contributed by atoms with Crippen molar-refractivity contribution in [2.45, 2.75) is 25.4 Å². The molecule has 22 heavy (non-hydrogen) atoms. The molecule has 1 aliphatic rings. The van der Waals surface area contributed by atoms with E-state index in [0.717, 1.165) is 25.9 Å². The number of methoxy groups -OCH3 is 1. The summed E-state index contributed by atoms with van der Waals surface area (Å²) in [5.41, 5.74) is 0.694. The first-order chi connectivity index (χ1) is 10.8. The summed E-state index contributed by atoms with van der Waals surface area (Å²) >= 11 is 0. The second-order valence-corrected chi connectivity index (χ2v) is 5.35. The number of para-hydroxylation sites is 2. The fraction of sp³-hybridized carbons (Fsp3) is 0.375. The van der Waals surface area contributed by atoms with Gasteiger partial charge in [-0.2, -0.15) is 5.10 Å². The second kappa shape index (κ2) is 6.51. The van der Waals surface area contributed by atoms with Crippen LogP contribution < -0.4 is 10.1 Å². The van der Waals surface area contributed by atoms with E-state index in [-0.39, 0.29) is 12.1 Å². The highest BCUT2D eigenvalue weighted by atomic mass is 16.5. The first-order valence-electron chi connectivity index (χ1n) is 7.46. The van der Waals surface area contributed by atoms with E-state index in [1.807, 2.05) is 46.1 Å². The van der Waals surface area contributed by atoms with Gasteiger partial charge in [-0.15, -0.1) is 0 Å². The van der Waals surface area contributed by atoms with Crippen LogP contribution in [0.25, 0.3) is 0 Å². The maximum Gasteiger partial charge on any atom is 0.322 e. The van der Waals surface area contributed by atoms with Gasteiger partial charge >= 0.3 is 6.03 Å². The number of anilines is 1. The number of nitrogens with zero attached hydrogens (tertiary/aromatic N) is 3. The van der Waals surface area contributed by atoms with Crippen molar-refractivity contribution in [1.29, 1.82) is 0 Å². The summed E-state index contributed by atoms with van der Waals surface area (Å²) in [5.74, 6) is 0.665. The summed E-state index contributed by atoms with van der Waals surface area (Å²) in [6.07, 6.45) is 5.70. The third-order valence-electron chi connectivity index (χ3n) is 3.94. The Labute approximate surface area is 129 Å². The maximum atomic E-state index is 12.6. The highest BCUT2D eigenvalue weighted by molar-refractivity contribution is 5.91. The van der Waals surface area contributed by atoms with E-state index in [4.69, 9.17) is 4.74 Å². The van der Waals surface area contributed by atoms with Crippen LogP contribution in [-0.2, 0) is 6.54 Å². The van der Waals surface area contributed by atoms with Gasteiger partial charge in [-0.1, -0.05) is 12.1 Å². The predicted octanol–water partition coefficient (Wildman–Crippen LogP) is 2.59. The Bertz CT molecular complexity index is 627. The van der Waals surface area contributed by atoms with Crippen LogP contribution in [0.2, 0.25) is 0 Å². The molecule has 2 heterocycles. The molecule has 0 saturated carbocycles. The maximum absolute atomic E-state index is 12.6. The third kappa shape index (κ3) is 3.05. The molecule has 3 rings (SSSR count). The number of amides is 2. The number of aromatic nitrogens is 2. The number of hydrogen-bond donors (Lipinski definition) is 1. The zero-order valence-electron chi connectivity index (χ0n) is 12.6. The summed E-state index contributed by atoms with van der Waals surface area (Å²) < 4.78 is 7.15. The first-order valence-corrected chi connectivity index (χ1v) is 7.46. The number of hydrogen-bond acceptors (Lipinski definition) is 3. The Morgan fingerprint density at radius 3 is 3.05 bits per heavy atom. The van der Waals surface area contributed by atoms with E-state index in [0.29, 0.717) is 11.4 Å². The number of rotatable bonds is 4. The van der Waals surface area contributed by atoms with Gasteiger partial charge in [0.15, 0.2) is 0 Å². The van der Waals surface area contributed by atoms with Crippen molar-refractivity contribution in [3.8, 4) is 5.75 Å². The highest BCUT2D eigenvalue weighted by Gasteiger charge is 2.29. The van der Waals surface area contributed by atoms with Crippen LogP contribution >= 0.6 is 0 Å². The molecule has 2 amide bonds. The largest absolute Gasteiger partial charge is 0.495 e. The SMILES string of the molecule is COc1ccccc1NC(=O)N1CCC[C@H]1Cn1cccn1. The van der Waals surface area contributed by atoms with Crippen LogP contribution in [0.4, 0.5) is 10.5 Å². The number of nitrogens with one attached hydrogen (secondary N) is 1. The van der Waals surface area contributed by atoms with Gasteiger partial charge in [-0.25, -0.2) is 4.79 Å². The number of likely N-dealkylation sites (tertiary alicyclic amines) is 1. The van der Waals surface area contributed by atoms with Crippen molar-refractivity contribution in [2.75, 3.05) is 19.0 Å². The van der Waals surface area contributed by atoms with Gasteiger partial charge < -0.3 is 15.0 Å². The lowest BCUT2D eigenvalue weighted by atomic mass is 10.2. The van der Waals surface area contributed by atoms with Gasteiger partial charge in [0.1, 0.15) is 5.75 Å². The average molecular weight is 300 g/mol. The second-order valence-electron chi connectivity index (χ2n) is 5.35. The summed E-state index contributed by atoms with van der Waals surface area (Å²) in [5, 5.41) is 7.17. The Morgan fingerprint density at radius 1 is 1.41 bits per heavy atom. The Hall–Kier alpha value is -2.50. The number of benzene rings is 1. The normalized spacial score (nSPS) is 17.5. The standard InChI is InChI=1S/C16H20N4O2/c1-22-15-8-3-2-7-14(15)18-16(21)20-11-4-6-13(20)12-19-10-5-9-17-19/h2-3,5,7-10,13H,4,6,11-12H2,1H3,(H,18,21)/t13-/m0/s1. The zero-order chi connectivity index (χ0) is 15.4. The molecule has 0 unspecified atom stereocenters. The molecule has 1 aliphatic heterocycles. The number of urea groups is 1.